The highest BCUT2D eigenvalue weighted by Gasteiger charge is 2.13. The molecule has 0 spiro atoms. The first-order chi connectivity index (χ1) is 14.6. The zero-order valence-corrected chi connectivity index (χ0v) is 18.8. The largest absolute Gasteiger partial charge is 0.461 e. The predicted molar refractivity (Wildman–Crippen MR) is 113 cm³/mol. The number of anilines is 1. The van der Waals surface area contributed by atoms with E-state index in [1.165, 1.54) is 19.1 Å². The maximum absolute atomic E-state index is 11.6. The Labute approximate surface area is 183 Å². The molecule has 0 bridgehead atoms. The van der Waals surface area contributed by atoms with E-state index in [0.29, 0.717) is 11.6 Å². The number of nitrogens with zero attached hydrogens (tertiary/aromatic N) is 2. The summed E-state index contributed by atoms with van der Waals surface area (Å²) in [4.78, 5) is 15.7. The number of hydrogen-bond donors (Lipinski definition) is 1. The number of carbonyl (C=O) groups excluding carboxylic acids is 1. The Morgan fingerprint density at radius 1 is 1.23 bits per heavy atom. The molecule has 0 radical (unpaired) electrons. The molecule has 31 heavy (non-hydrogen) atoms. The van der Waals surface area contributed by atoms with Gasteiger partial charge in [0.25, 0.3) is 0 Å². The van der Waals surface area contributed by atoms with Crippen LogP contribution in [0.1, 0.15) is 19.4 Å². The molecule has 0 amide bonds. The van der Waals surface area contributed by atoms with Gasteiger partial charge in [-0.2, -0.15) is 21.9 Å². The van der Waals surface area contributed by atoms with Crippen molar-refractivity contribution in [1.82, 2.24) is 4.98 Å². The van der Waals surface area contributed by atoms with Crippen LogP contribution in [-0.2, 0) is 31.2 Å². The number of ether oxygens (including phenoxy) is 2. The Hall–Kier alpha value is -3.32. The summed E-state index contributed by atoms with van der Waals surface area (Å²) in [7, 11) is -3.81. The number of aryl methyl sites for hydroxylation is 1. The van der Waals surface area contributed by atoms with Crippen LogP contribution >= 0.6 is 0 Å². The number of hydrogen-bond acceptors (Lipinski definition) is 11. The minimum Gasteiger partial charge on any atom is -0.461 e. The number of rotatable bonds is 8. The van der Waals surface area contributed by atoms with E-state index < -0.39 is 27.7 Å². The van der Waals surface area contributed by atoms with Gasteiger partial charge in [-0.3, -0.25) is 5.43 Å². The lowest BCUT2D eigenvalue weighted by Crippen LogP contribution is -2.15. The van der Waals surface area contributed by atoms with E-state index in [1.54, 1.807) is 25.3 Å². The molecule has 13 heteroatoms. The number of nitrogens with one attached hydrogen (secondary N) is 1. The molecule has 2 rings (SSSR count). The highest BCUT2D eigenvalue weighted by molar-refractivity contribution is 7.86. The van der Waals surface area contributed by atoms with Crippen LogP contribution in [0.4, 0.5) is 5.69 Å². The Morgan fingerprint density at radius 2 is 1.90 bits per heavy atom. The van der Waals surface area contributed by atoms with Crippen LogP contribution in [0, 0.1) is 6.92 Å². The molecule has 0 saturated heterocycles. The average molecular weight is 472 g/mol. The van der Waals surface area contributed by atoms with Crippen LogP contribution < -0.4 is 14.3 Å². The Kier molecular flexibility index (Phi) is 10.3. The number of benzene rings is 1. The van der Waals surface area contributed by atoms with Gasteiger partial charge in [-0.25, -0.2) is 9.78 Å². The minimum atomic E-state index is -3.81. The quantitative estimate of drug-likeness (QED) is 0.263. The third-order valence-electron chi connectivity index (χ3n) is 3.22. The van der Waals surface area contributed by atoms with Crippen LogP contribution in [-0.4, -0.2) is 46.4 Å². The van der Waals surface area contributed by atoms with Gasteiger partial charge in [0.05, 0.1) is 12.9 Å². The summed E-state index contributed by atoms with van der Waals surface area (Å²) in [6.07, 6.45) is 2.56. The van der Waals surface area contributed by atoms with E-state index in [0.717, 1.165) is 11.8 Å². The molecule has 0 saturated carbocycles. The Bertz CT molecular complexity index is 1060. The lowest BCUT2D eigenvalue weighted by atomic mass is 10.3. The van der Waals surface area contributed by atoms with E-state index in [1.807, 2.05) is 13.0 Å². The average Bonchev–Trinajstić information content (AvgIpc) is 2.68. The maximum atomic E-state index is 11.6. The van der Waals surface area contributed by atoms with Crippen LogP contribution in [0.2, 0.25) is 0 Å². The summed E-state index contributed by atoms with van der Waals surface area (Å²) in [5, 5.41) is 3.89. The summed E-state index contributed by atoms with van der Waals surface area (Å²) >= 11 is -0.750. The highest BCUT2D eigenvalue weighted by Crippen LogP contribution is 2.32. The molecular weight excluding hydrogens is 450 g/mol. The smallest absolute Gasteiger partial charge is 0.354 e. The number of carbonyl (C=O) groups is 1. The summed E-state index contributed by atoms with van der Waals surface area (Å²) in [5.74, 6) is 0.0120. The van der Waals surface area contributed by atoms with E-state index in [2.05, 4.69) is 15.5 Å². The van der Waals surface area contributed by atoms with Gasteiger partial charge >= 0.3 is 27.7 Å². The molecule has 1 heterocycles. The molecule has 1 N–H and O–H groups in total. The molecule has 1 aromatic carbocycles. The fraction of sp³-hybridized carbons (Fsp3) is 0.278. The van der Waals surface area contributed by atoms with E-state index in [4.69, 9.17) is 22.1 Å². The van der Waals surface area contributed by atoms with E-state index in [9.17, 15) is 13.2 Å². The molecular formula is C18H21N3O8S2. The van der Waals surface area contributed by atoms with Gasteiger partial charge in [-0.15, -0.1) is 0 Å². The molecule has 1 aromatic heterocycles. The number of pyridine rings is 1. The molecule has 0 unspecified atom stereocenters. The van der Waals surface area contributed by atoms with Crippen LogP contribution in [0.25, 0.3) is 0 Å². The van der Waals surface area contributed by atoms with Crippen molar-refractivity contribution in [3.8, 4) is 17.4 Å². The Morgan fingerprint density at radius 3 is 2.45 bits per heavy atom. The second-order valence-electron chi connectivity index (χ2n) is 5.82. The summed E-state index contributed by atoms with van der Waals surface area (Å²) in [5.41, 5.74) is 3.86. The normalized spacial score (nSPS) is 10.9. The third-order valence-corrected chi connectivity index (χ3v) is 3.70. The zero-order valence-electron chi connectivity index (χ0n) is 17.1. The van der Waals surface area contributed by atoms with E-state index >= 15 is 0 Å². The third kappa shape index (κ3) is 9.82. The van der Waals surface area contributed by atoms with Gasteiger partial charge in [0.2, 0.25) is 5.88 Å². The fourth-order valence-corrected chi connectivity index (χ4v) is 2.42. The van der Waals surface area contributed by atoms with Crippen LogP contribution in [0.15, 0.2) is 41.6 Å². The van der Waals surface area contributed by atoms with Crippen molar-refractivity contribution in [2.75, 3.05) is 18.3 Å². The first kappa shape index (κ1) is 25.7. The summed E-state index contributed by atoms with van der Waals surface area (Å²) < 4.78 is 55.2. The first-order valence-electron chi connectivity index (χ1n) is 8.62. The van der Waals surface area contributed by atoms with Crippen LogP contribution in [0.3, 0.4) is 0 Å². The van der Waals surface area contributed by atoms with Gasteiger partial charge in [-0.05, 0) is 38.5 Å². The SMILES string of the molecule is CCOC(=O)/C(C)=N/Nc1ccc(Oc2ccc(C)cn2)cc1OS(C)(=O)=O.O=S=O. The molecule has 2 aromatic rings. The van der Waals surface area contributed by atoms with Gasteiger partial charge in [0, 0.05) is 18.3 Å². The topological polar surface area (TPSA) is 150 Å². The monoisotopic (exact) mass is 471 g/mol. The van der Waals surface area contributed by atoms with Gasteiger partial charge < -0.3 is 13.7 Å². The zero-order chi connectivity index (χ0) is 23.4. The van der Waals surface area contributed by atoms with Gasteiger partial charge in [0.15, 0.2) is 5.75 Å². The number of esters is 1. The molecule has 11 nitrogen and oxygen atoms in total. The second-order valence-corrected chi connectivity index (χ2v) is 7.53. The van der Waals surface area contributed by atoms with Crippen molar-refractivity contribution in [2.45, 2.75) is 20.8 Å². The van der Waals surface area contributed by atoms with Crippen molar-refractivity contribution < 1.29 is 35.3 Å². The summed E-state index contributed by atoms with van der Waals surface area (Å²) in [6.45, 7) is 5.25. The standard InChI is InChI=1S/C18H21N3O6S.O2S/c1-5-25-18(22)13(3)20-21-15-8-7-14(10-16(15)27-28(4,23)24)26-17-9-6-12(2)11-19-17;1-3-2/h6-11,21H,5H2,1-4H3;/b20-13+;. The molecule has 0 aliphatic heterocycles. The first-order valence-corrected chi connectivity index (χ1v) is 11.1. The van der Waals surface area contributed by atoms with E-state index in [-0.39, 0.29) is 23.8 Å². The van der Waals surface area contributed by atoms with Crippen molar-refractivity contribution in [1.29, 1.82) is 0 Å². The molecule has 0 atom stereocenters. The minimum absolute atomic E-state index is 0.0486. The van der Waals surface area contributed by atoms with Crippen molar-refractivity contribution >= 4 is 39.1 Å². The molecule has 0 aliphatic rings. The van der Waals surface area contributed by atoms with Gasteiger partial charge in [0.1, 0.15) is 17.1 Å². The van der Waals surface area contributed by atoms with Gasteiger partial charge in [-0.1, -0.05) is 6.07 Å². The van der Waals surface area contributed by atoms with Crippen molar-refractivity contribution in [2.24, 2.45) is 5.10 Å². The highest BCUT2D eigenvalue weighted by atomic mass is 32.2. The Balaban J connectivity index is 0.00000151. The molecule has 168 valence electrons. The maximum Gasteiger partial charge on any atom is 0.354 e. The fourth-order valence-electron chi connectivity index (χ4n) is 1.95. The lowest BCUT2D eigenvalue weighted by Gasteiger charge is -2.12. The second kappa shape index (κ2) is 12.4. The lowest BCUT2D eigenvalue weighted by molar-refractivity contribution is -0.135. The van der Waals surface area contributed by atoms with Crippen molar-refractivity contribution in [3.05, 3.63) is 42.1 Å². The molecule has 0 fully saturated rings. The number of aromatic nitrogens is 1. The number of hydrazone groups is 1. The summed E-state index contributed by atoms with van der Waals surface area (Å²) in [6, 6.07) is 7.98. The predicted octanol–water partition coefficient (Wildman–Crippen LogP) is 2.20. The van der Waals surface area contributed by atoms with Crippen LogP contribution in [0.5, 0.6) is 17.4 Å². The van der Waals surface area contributed by atoms with Crippen molar-refractivity contribution in [3.63, 3.8) is 0 Å². The molecule has 0 aliphatic carbocycles.